The molecule has 1 saturated heterocycles. The van der Waals surface area contributed by atoms with Gasteiger partial charge in [0.05, 0.1) is 12.1 Å². The van der Waals surface area contributed by atoms with Gasteiger partial charge in [0, 0.05) is 32.6 Å². The van der Waals surface area contributed by atoms with E-state index in [0.717, 1.165) is 0 Å². The van der Waals surface area contributed by atoms with Gasteiger partial charge < -0.3 is 9.80 Å². The van der Waals surface area contributed by atoms with Crippen LogP contribution < -0.4 is 10.5 Å². The first-order valence-electron chi connectivity index (χ1n) is 7.97. The summed E-state index contributed by atoms with van der Waals surface area (Å²) in [6, 6.07) is 0. The van der Waals surface area contributed by atoms with E-state index >= 15 is 0 Å². The van der Waals surface area contributed by atoms with Crippen molar-refractivity contribution in [3.8, 4) is 0 Å². The summed E-state index contributed by atoms with van der Waals surface area (Å²) >= 11 is 0. The summed E-state index contributed by atoms with van der Waals surface area (Å²) in [6.07, 6.45) is -6.08. The van der Waals surface area contributed by atoms with Gasteiger partial charge in [-0.05, 0) is 5.92 Å². The number of hydrogen-bond acceptors (Lipinski definition) is 4. The molecule has 1 amide bonds. The molecule has 0 radical (unpaired) electrons. The molecular formula is C15H20F4N4O2. The van der Waals surface area contributed by atoms with Crippen LogP contribution in [-0.2, 0) is 4.79 Å². The first kappa shape index (κ1) is 19.2. The van der Waals surface area contributed by atoms with Crippen molar-refractivity contribution < 1.29 is 22.4 Å². The Morgan fingerprint density at radius 3 is 2.36 bits per heavy atom. The first-order valence-corrected chi connectivity index (χ1v) is 7.97. The second kappa shape index (κ2) is 7.40. The number of nitrogens with zero attached hydrogens (tertiary/aromatic N) is 3. The average molecular weight is 364 g/mol. The summed E-state index contributed by atoms with van der Waals surface area (Å²) in [4.78, 5) is 33.0. The number of aromatic amines is 1. The quantitative estimate of drug-likeness (QED) is 0.830. The Labute approximate surface area is 141 Å². The second-order valence-corrected chi connectivity index (χ2v) is 6.23. The Morgan fingerprint density at radius 1 is 1.24 bits per heavy atom. The van der Waals surface area contributed by atoms with Gasteiger partial charge in [0.2, 0.25) is 17.7 Å². The van der Waals surface area contributed by atoms with Crippen LogP contribution in [0.4, 0.5) is 23.5 Å². The normalized spacial score (nSPS) is 15.8. The maximum atomic E-state index is 13.8. The highest BCUT2D eigenvalue weighted by Crippen LogP contribution is 2.22. The molecule has 0 aliphatic carbocycles. The predicted octanol–water partition coefficient (Wildman–Crippen LogP) is 2.02. The van der Waals surface area contributed by atoms with E-state index in [1.807, 2.05) is 0 Å². The third-order valence-corrected chi connectivity index (χ3v) is 3.98. The van der Waals surface area contributed by atoms with Crippen LogP contribution in [0.5, 0.6) is 0 Å². The number of piperazine rings is 1. The minimum atomic E-state index is -4.36. The molecule has 0 atom stereocenters. The van der Waals surface area contributed by atoms with Crippen LogP contribution in [0.25, 0.3) is 0 Å². The molecule has 0 spiro atoms. The second-order valence-electron chi connectivity index (χ2n) is 6.23. The number of alkyl halides is 3. The summed E-state index contributed by atoms with van der Waals surface area (Å²) in [7, 11) is 0. The van der Waals surface area contributed by atoms with Gasteiger partial charge in [0.1, 0.15) is 0 Å². The zero-order valence-corrected chi connectivity index (χ0v) is 14.0. The van der Waals surface area contributed by atoms with Crippen LogP contribution >= 0.6 is 0 Å². The van der Waals surface area contributed by atoms with E-state index in [1.165, 1.54) is 4.90 Å². The van der Waals surface area contributed by atoms with Gasteiger partial charge in [-0.15, -0.1) is 0 Å². The summed E-state index contributed by atoms with van der Waals surface area (Å²) in [5.74, 6) is -1.54. The Hall–Kier alpha value is -2.13. The number of carbonyl (C=O) groups is 1. The van der Waals surface area contributed by atoms with Crippen molar-refractivity contribution >= 4 is 11.9 Å². The zero-order valence-electron chi connectivity index (χ0n) is 14.0. The molecular weight excluding hydrogens is 344 g/mol. The molecule has 1 aliphatic rings. The van der Waals surface area contributed by atoms with Crippen LogP contribution in [0.15, 0.2) is 4.79 Å². The fraction of sp³-hybridized carbons (Fsp3) is 0.667. The molecule has 1 N–H and O–H groups in total. The highest BCUT2D eigenvalue weighted by Gasteiger charge is 2.30. The molecule has 0 unspecified atom stereocenters. The van der Waals surface area contributed by atoms with E-state index in [9.17, 15) is 27.2 Å². The van der Waals surface area contributed by atoms with E-state index in [0.29, 0.717) is 13.1 Å². The molecule has 0 bridgehead atoms. The number of hydrogen-bond donors (Lipinski definition) is 1. The number of H-pyrrole nitrogens is 1. The van der Waals surface area contributed by atoms with E-state index in [-0.39, 0.29) is 30.6 Å². The molecule has 10 heteroatoms. The minimum absolute atomic E-state index is 0.0578. The maximum Gasteiger partial charge on any atom is 0.389 e. The standard InChI is InChI=1S/C15H20F4N4O2/c1-9(2)12-11(16)13(25)21-14(20-12)23-7-5-22(6-8-23)10(24)3-4-15(17,18)19/h9H,3-8H2,1-2H3,(H,20,21,25). The fourth-order valence-corrected chi connectivity index (χ4v) is 2.57. The monoisotopic (exact) mass is 364 g/mol. The van der Waals surface area contributed by atoms with Crippen molar-refractivity contribution in [1.82, 2.24) is 14.9 Å². The molecule has 25 heavy (non-hydrogen) atoms. The van der Waals surface area contributed by atoms with Crippen molar-refractivity contribution in [2.24, 2.45) is 0 Å². The highest BCUT2D eigenvalue weighted by molar-refractivity contribution is 5.76. The lowest BCUT2D eigenvalue weighted by molar-refractivity contribution is -0.149. The SMILES string of the molecule is CC(C)c1nc(N2CCN(C(=O)CCC(F)(F)F)CC2)[nH]c(=O)c1F. The lowest BCUT2D eigenvalue weighted by atomic mass is 10.1. The van der Waals surface area contributed by atoms with Gasteiger partial charge in [-0.1, -0.05) is 13.8 Å². The summed E-state index contributed by atoms with van der Waals surface area (Å²) in [6.45, 7) is 4.45. The molecule has 1 aliphatic heterocycles. The largest absolute Gasteiger partial charge is 0.389 e. The van der Waals surface area contributed by atoms with E-state index < -0.39 is 36.3 Å². The van der Waals surface area contributed by atoms with Gasteiger partial charge in [0.15, 0.2) is 0 Å². The smallest absolute Gasteiger partial charge is 0.339 e. The topological polar surface area (TPSA) is 69.3 Å². The van der Waals surface area contributed by atoms with E-state index in [2.05, 4.69) is 9.97 Å². The number of carbonyl (C=O) groups excluding carboxylic acids is 1. The van der Waals surface area contributed by atoms with Gasteiger partial charge >= 0.3 is 6.18 Å². The first-order chi connectivity index (χ1) is 11.6. The third kappa shape index (κ3) is 4.93. The number of rotatable bonds is 4. The highest BCUT2D eigenvalue weighted by atomic mass is 19.4. The molecule has 1 aromatic heterocycles. The zero-order chi connectivity index (χ0) is 18.8. The minimum Gasteiger partial charge on any atom is -0.339 e. The summed E-state index contributed by atoms with van der Waals surface area (Å²) in [5, 5.41) is 0. The van der Waals surface area contributed by atoms with Crippen LogP contribution in [0.1, 0.15) is 38.3 Å². The van der Waals surface area contributed by atoms with Crippen molar-refractivity contribution in [1.29, 1.82) is 0 Å². The van der Waals surface area contributed by atoms with E-state index in [4.69, 9.17) is 0 Å². The Balaban J connectivity index is 2.01. The van der Waals surface area contributed by atoms with Crippen LogP contribution in [0.2, 0.25) is 0 Å². The maximum absolute atomic E-state index is 13.8. The molecule has 0 aromatic carbocycles. The molecule has 1 fully saturated rings. The predicted molar refractivity (Wildman–Crippen MR) is 83.0 cm³/mol. The van der Waals surface area contributed by atoms with Gasteiger partial charge in [0.25, 0.3) is 5.56 Å². The van der Waals surface area contributed by atoms with Crippen molar-refractivity contribution in [2.45, 2.75) is 38.8 Å². The van der Waals surface area contributed by atoms with Crippen LogP contribution in [-0.4, -0.2) is 53.1 Å². The Morgan fingerprint density at radius 2 is 1.84 bits per heavy atom. The van der Waals surface area contributed by atoms with Crippen molar-refractivity contribution in [3.63, 3.8) is 0 Å². The van der Waals surface area contributed by atoms with Gasteiger partial charge in [-0.3, -0.25) is 14.6 Å². The lowest BCUT2D eigenvalue weighted by Crippen LogP contribution is -2.49. The van der Waals surface area contributed by atoms with Gasteiger partial charge in [-0.25, -0.2) is 4.98 Å². The molecule has 0 saturated carbocycles. The van der Waals surface area contributed by atoms with E-state index in [1.54, 1.807) is 18.7 Å². The number of halogens is 4. The molecule has 2 heterocycles. The number of anilines is 1. The summed E-state index contributed by atoms with van der Waals surface area (Å²) < 4.78 is 50.3. The Bertz CT molecular complexity index is 679. The molecule has 1 aromatic rings. The van der Waals surface area contributed by atoms with Crippen LogP contribution in [0.3, 0.4) is 0 Å². The van der Waals surface area contributed by atoms with Crippen molar-refractivity contribution in [2.75, 3.05) is 31.1 Å². The third-order valence-electron chi connectivity index (χ3n) is 3.98. The average Bonchev–Trinajstić information content (AvgIpc) is 2.54. The number of amides is 1. The molecule has 140 valence electrons. The fourth-order valence-electron chi connectivity index (χ4n) is 2.57. The summed E-state index contributed by atoms with van der Waals surface area (Å²) in [5.41, 5.74) is -0.806. The lowest BCUT2D eigenvalue weighted by Gasteiger charge is -2.35. The molecule has 6 nitrogen and oxygen atoms in total. The van der Waals surface area contributed by atoms with Crippen LogP contribution in [0, 0.1) is 5.82 Å². The van der Waals surface area contributed by atoms with Gasteiger partial charge in [-0.2, -0.15) is 17.6 Å². The Kier molecular flexibility index (Phi) is 5.69. The molecule has 2 rings (SSSR count). The number of nitrogens with one attached hydrogen (secondary N) is 1. The number of aromatic nitrogens is 2. The van der Waals surface area contributed by atoms with Crippen molar-refractivity contribution in [3.05, 3.63) is 21.9 Å².